The highest BCUT2D eigenvalue weighted by Crippen LogP contribution is 2.33. The summed E-state index contributed by atoms with van der Waals surface area (Å²) in [6.45, 7) is 3.18. The second-order valence-electron chi connectivity index (χ2n) is 8.97. The third-order valence-electron chi connectivity index (χ3n) is 6.80. The number of nitrogens with one attached hydrogen (secondary N) is 2. The summed E-state index contributed by atoms with van der Waals surface area (Å²) in [5, 5.41) is 5.37. The van der Waals surface area contributed by atoms with Crippen LogP contribution in [-0.2, 0) is 21.4 Å². The molecule has 0 saturated carbocycles. The average Bonchev–Trinajstić information content (AvgIpc) is 2.99. The Morgan fingerprint density at radius 1 is 1.19 bits per heavy atom. The molecule has 9 nitrogen and oxygen atoms in total. The molecule has 3 aliphatic rings. The number of fused-ring (bicyclic) bond motifs is 1. The van der Waals surface area contributed by atoms with Gasteiger partial charge in [0.05, 0.1) is 29.4 Å². The number of aryl methyl sites for hydroxylation is 1. The van der Waals surface area contributed by atoms with Gasteiger partial charge in [0.15, 0.2) is 0 Å². The van der Waals surface area contributed by atoms with Crippen LogP contribution in [-0.4, -0.2) is 66.0 Å². The minimum atomic E-state index is -0.963. The van der Waals surface area contributed by atoms with Crippen molar-refractivity contribution in [1.29, 1.82) is 0 Å². The van der Waals surface area contributed by atoms with Gasteiger partial charge in [-0.3, -0.25) is 24.0 Å². The van der Waals surface area contributed by atoms with Gasteiger partial charge in [-0.1, -0.05) is 6.07 Å². The second kappa shape index (κ2) is 8.32. The minimum absolute atomic E-state index is 0.212. The van der Waals surface area contributed by atoms with Crippen molar-refractivity contribution in [3.8, 4) is 0 Å². The topological polar surface area (TPSA) is 97.6 Å². The van der Waals surface area contributed by atoms with Crippen LogP contribution in [0.2, 0.25) is 0 Å². The first-order valence-electron chi connectivity index (χ1n) is 11.2. The van der Waals surface area contributed by atoms with E-state index in [2.05, 4.69) is 15.5 Å². The number of hydrogen-bond donors (Lipinski definition) is 2. The third-order valence-corrected chi connectivity index (χ3v) is 6.80. The van der Waals surface area contributed by atoms with Crippen molar-refractivity contribution in [3.63, 3.8) is 0 Å². The number of aromatic nitrogens is 2. The molecule has 5 rings (SSSR count). The van der Waals surface area contributed by atoms with E-state index in [9.17, 15) is 18.8 Å². The highest BCUT2D eigenvalue weighted by atomic mass is 19.1. The van der Waals surface area contributed by atoms with Gasteiger partial charge in [0, 0.05) is 39.0 Å². The lowest BCUT2D eigenvalue weighted by Crippen LogP contribution is -2.50. The number of hydrogen-bond acceptors (Lipinski definition) is 6. The Hall–Kier alpha value is -2.72. The van der Waals surface area contributed by atoms with Crippen LogP contribution in [0.1, 0.15) is 25.3 Å². The van der Waals surface area contributed by atoms with Crippen molar-refractivity contribution in [2.75, 3.05) is 37.7 Å². The van der Waals surface area contributed by atoms with Gasteiger partial charge in [0.2, 0.25) is 11.8 Å². The molecule has 2 aromatic rings. The molecule has 10 heteroatoms. The van der Waals surface area contributed by atoms with E-state index in [-0.39, 0.29) is 24.1 Å². The number of carbonyl (C=O) groups excluding carboxylic acids is 2. The molecule has 0 spiro atoms. The van der Waals surface area contributed by atoms with Gasteiger partial charge in [0.1, 0.15) is 12.2 Å². The molecule has 2 N–H and O–H groups in total. The first kappa shape index (κ1) is 21.1. The summed E-state index contributed by atoms with van der Waals surface area (Å²) in [6.07, 6.45) is -0.0907. The Kier molecular flexibility index (Phi) is 5.50. The molecule has 0 aliphatic carbocycles. The van der Waals surface area contributed by atoms with Gasteiger partial charge in [-0.2, -0.15) is 0 Å². The number of alkyl halides is 1. The van der Waals surface area contributed by atoms with Crippen LogP contribution in [0.3, 0.4) is 0 Å². The summed E-state index contributed by atoms with van der Waals surface area (Å²) in [5.74, 6) is -0.439. The molecule has 172 valence electrons. The summed E-state index contributed by atoms with van der Waals surface area (Å²) in [6, 6.07) is 4.99. The normalized spacial score (nSPS) is 26.9. The predicted molar refractivity (Wildman–Crippen MR) is 116 cm³/mol. The van der Waals surface area contributed by atoms with Crippen LogP contribution in [0, 0.1) is 5.92 Å². The van der Waals surface area contributed by atoms with Crippen LogP contribution in [0.5, 0.6) is 0 Å². The maximum atomic E-state index is 13.9. The van der Waals surface area contributed by atoms with E-state index in [0.717, 1.165) is 30.8 Å². The molecule has 2 amide bonds. The first-order chi connectivity index (χ1) is 15.4. The number of benzene rings is 1. The van der Waals surface area contributed by atoms with Crippen molar-refractivity contribution < 1.29 is 18.7 Å². The summed E-state index contributed by atoms with van der Waals surface area (Å²) in [4.78, 5) is 39.2. The van der Waals surface area contributed by atoms with E-state index in [1.807, 2.05) is 18.2 Å². The molecule has 32 heavy (non-hydrogen) atoms. The fourth-order valence-electron chi connectivity index (χ4n) is 5.02. The standard InChI is InChI=1S/C22H28FN5O4/c1-26-20-15(27-10-13(11-27)12-32-18-7-8-24-9-14(18)23)3-2-4-16(20)28(22(26)31)17-5-6-19(29)25-21(17)30/h2-4,13-14,17-18,24H,5-12H2,1H3,(H,25,29,30). The van der Waals surface area contributed by atoms with Crippen LogP contribution in [0.15, 0.2) is 23.0 Å². The number of amides is 2. The van der Waals surface area contributed by atoms with Gasteiger partial charge in [-0.25, -0.2) is 9.18 Å². The Morgan fingerprint density at radius 2 is 2.00 bits per heavy atom. The number of nitrogens with zero attached hydrogens (tertiary/aromatic N) is 3. The molecule has 3 saturated heterocycles. The monoisotopic (exact) mass is 445 g/mol. The van der Waals surface area contributed by atoms with Crippen LogP contribution in [0.4, 0.5) is 10.1 Å². The Bertz CT molecular complexity index is 1110. The number of ether oxygens (including phenoxy) is 1. The first-order valence-corrected chi connectivity index (χ1v) is 11.2. The van der Waals surface area contributed by atoms with Gasteiger partial charge >= 0.3 is 5.69 Å². The largest absolute Gasteiger partial charge is 0.375 e. The molecule has 4 heterocycles. The zero-order valence-corrected chi connectivity index (χ0v) is 18.1. The number of carbonyl (C=O) groups is 2. The van der Waals surface area contributed by atoms with E-state index < -0.39 is 18.1 Å². The Balaban J connectivity index is 1.33. The van der Waals surface area contributed by atoms with Crippen LogP contribution in [0.25, 0.3) is 11.0 Å². The number of imide groups is 1. The summed E-state index contributed by atoms with van der Waals surface area (Å²) in [7, 11) is 1.70. The zero-order valence-electron chi connectivity index (χ0n) is 18.1. The minimum Gasteiger partial charge on any atom is -0.375 e. The predicted octanol–water partition coefficient (Wildman–Crippen LogP) is 0.471. The highest BCUT2D eigenvalue weighted by Gasteiger charge is 2.34. The summed E-state index contributed by atoms with van der Waals surface area (Å²) in [5.41, 5.74) is 2.10. The third kappa shape index (κ3) is 3.61. The van der Waals surface area contributed by atoms with Crippen LogP contribution >= 0.6 is 0 Å². The lowest BCUT2D eigenvalue weighted by atomic mass is 9.99. The van der Waals surface area contributed by atoms with E-state index in [1.165, 1.54) is 4.57 Å². The quantitative estimate of drug-likeness (QED) is 0.650. The molecule has 3 aliphatic heterocycles. The molecule has 3 atom stereocenters. The number of rotatable bonds is 5. The fraction of sp³-hybridized carbons (Fsp3) is 0.591. The van der Waals surface area contributed by atoms with Crippen molar-refractivity contribution in [1.82, 2.24) is 19.8 Å². The number of para-hydroxylation sites is 1. The zero-order chi connectivity index (χ0) is 22.4. The van der Waals surface area contributed by atoms with Crippen molar-refractivity contribution >= 4 is 28.5 Å². The van der Waals surface area contributed by atoms with Gasteiger partial charge < -0.3 is 15.0 Å². The van der Waals surface area contributed by atoms with E-state index >= 15 is 0 Å². The Labute approximate surface area is 184 Å². The average molecular weight is 445 g/mol. The highest BCUT2D eigenvalue weighted by molar-refractivity contribution is 6.00. The van der Waals surface area contributed by atoms with Crippen LogP contribution < -0.4 is 21.2 Å². The van der Waals surface area contributed by atoms with Gasteiger partial charge in [0.25, 0.3) is 0 Å². The number of anilines is 1. The molecule has 3 fully saturated rings. The SMILES string of the molecule is Cn1c(=O)n(C2CCC(=O)NC2=O)c2cccc(N3CC(COC4CCNCC4F)C3)c21. The van der Waals surface area contributed by atoms with Gasteiger partial charge in [-0.15, -0.1) is 0 Å². The van der Waals surface area contributed by atoms with E-state index in [4.69, 9.17) is 4.74 Å². The molecule has 3 unspecified atom stereocenters. The Morgan fingerprint density at radius 3 is 2.75 bits per heavy atom. The van der Waals surface area contributed by atoms with Gasteiger partial charge in [-0.05, 0) is 31.5 Å². The maximum Gasteiger partial charge on any atom is 0.329 e. The lowest BCUT2D eigenvalue weighted by molar-refractivity contribution is -0.135. The summed E-state index contributed by atoms with van der Waals surface area (Å²) < 4.78 is 22.9. The van der Waals surface area contributed by atoms with E-state index in [1.54, 1.807) is 11.6 Å². The number of imidazole rings is 1. The van der Waals surface area contributed by atoms with E-state index in [0.29, 0.717) is 37.4 Å². The molecule has 1 aromatic heterocycles. The number of piperidine rings is 2. The number of halogens is 1. The molecule has 0 radical (unpaired) electrons. The van der Waals surface area contributed by atoms with Crippen molar-refractivity contribution in [2.24, 2.45) is 13.0 Å². The summed E-state index contributed by atoms with van der Waals surface area (Å²) >= 11 is 0. The molecular formula is C22H28FN5O4. The van der Waals surface area contributed by atoms with Crippen molar-refractivity contribution in [2.45, 2.75) is 37.6 Å². The van der Waals surface area contributed by atoms with Crippen molar-refractivity contribution in [3.05, 3.63) is 28.7 Å². The smallest absolute Gasteiger partial charge is 0.329 e. The molecular weight excluding hydrogens is 417 g/mol. The molecule has 1 aromatic carbocycles. The lowest BCUT2D eigenvalue weighted by Gasteiger charge is -2.42. The molecule has 0 bridgehead atoms. The maximum absolute atomic E-state index is 13.9. The fourth-order valence-corrected chi connectivity index (χ4v) is 5.02. The second-order valence-corrected chi connectivity index (χ2v) is 8.97.